The molecular formula is C34H41ClN2O4S. The average molecular weight is 609 g/mol. The van der Waals surface area contributed by atoms with Crippen molar-refractivity contribution in [1.29, 1.82) is 0 Å². The number of aliphatic hydroxyl groups excluding tert-OH is 1. The highest BCUT2D eigenvalue weighted by molar-refractivity contribution is 7.84. The van der Waals surface area contributed by atoms with Crippen molar-refractivity contribution < 1.29 is 18.8 Å². The summed E-state index contributed by atoms with van der Waals surface area (Å²) in [5.41, 5.74) is 3.81. The molecule has 2 bridgehead atoms. The molecule has 2 heterocycles. The van der Waals surface area contributed by atoms with Gasteiger partial charge in [-0.15, -0.1) is 0 Å². The fraction of sp³-hybridized carbons (Fsp3) is 0.559. The predicted molar refractivity (Wildman–Crippen MR) is 168 cm³/mol. The maximum Gasteiger partial charge on any atom is 0.263 e. The van der Waals surface area contributed by atoms with Gasteiger partial charge in [0, 0.05) is 29.1 Å². The van der Waals surface area contributed by atoms with Crippen molar-refractivity contribution >= 4 is 34.2 Å². The molecule has 224 valence electrons. The number of aryl methyl sites for hydroxylation is 1. The van der Waals surface area contributed by atoms with E-state index < -0.39 is 17.1 Å². The van der Waals surface area contributed by atoms with Crippen LogP contribution in [0.3, 0.4) is 0 Å². The van der Waals surface area contributed by atoms with Crippen LogP contribution < -0.4 is 14.4 Å². The molecule has 3 aliphatic carbocycles. The summed E-state index contributed by atoms with van der Waals surface area (Å²) < 4.78 is 22.9. The molecule has 2 aromatic carbocycles. The maximum atomic E-state index is 13.5. The molecule has 0 saturated heterocycles. The van der Waals surface area contributed by atoms with Gasteiger partial charge in [-0.05, 0) is 104 Å². The number of allylic oxidation sites excluding steroid dienone is 1. The van der Waals surface area contributed by atoms with Crippen molar-refractivity contribution in [1.82, 2.24) is 4.72 Å². The summed E-state index contributed by atoms with van der Waals surface area (Å²) in [5, 5.41) is 11.8. The highest BCUT2D eigenvalue weighted by Gasteiger charge is 2.45. The molecule has 6 unspecified atom stereocenters. The fourth-order valence-electron chi connectivity index (χ4n) is 7.87. The van der Waals surface area contributed by atoms with E-state index in [0.29, 0.717) is 24.0 Å². The van der Waals surface area contributed by atoms with E-state index >= 15 is 0 Å². The third-order valence-electron chi connectivity index (χ3n) is 10.7. The molecule has 2 saturated carbocycles. The van der Waals surface area contributed by atoms with Gasteiger partial charge in [0.15, 0.2) is 0 Å². The molecule has 2 N–H and O–H groups in total. The number of ether oxygens (including phenoxy) is 1. The normalized spacial score (nSPS) is 33.8. The van der Waals surface area contributed by atoms with E-state index in [0.717, 1.165) is 74.5 Å². The van der Waals surface area contributed by atoms with Gasteiger partial charge in [-0.2, -0.15) is 0 Å². The van der Waals surface area contributed by atoms with Gasteiger partial charge in [0.1, 0.15) is 16.7 Å². The molecule has 1 amide bonds. The van der Waals surface area contributed by atoms with E-state index in [4.69, 9.17) is 16.3 Å². The van der Waals surface area contributed by atoms with Crippen LogP contribution in [0.5, 0.6) is 5.75 Å². The Bertz CT molecular complexity index is 1410. The standard InChI is InChI=1S/C34H41ClN2O4S/c35-26-10-12-29-23(17-26)14-15-34(29)20-37-19-25-8-11-28(25)31(38)7-2-1-6-27(16-22-4-3-5-22)42(40)36-33(39)24-9-13-32(41-21-34)30(37)18-24/h2,7,9-10,12-13,17-18,22,25,27-28,31,38H,1,3-6,8,11,14-16,19-21H2,(H,36,39)/b7-2+. The predicted octanol–water partition coefficient (Wildman–Crippen LogP) is 6.11. The Kier molecular flexibility index (Phi) is 7.87. The number of benzene rings is 2. The molecule has 8 heteroatoms. The second-order valence-electron chi connectivity index (χ2n) is 13.3. The Labute approximate surface area is 256 Å². The van der Waals surface area contributed by atoms with Crippen LogP contribution in [0.4, 0.5) is 5.69 Å². The first-order chi connectivity index (χ1) is 20.4. The van der Waals surface area contributed by atoms with E-state index in [9.17, 15) is 14.1 Å². The second kappa shape index (κ2) is 11.6. The summed E-state index contributed by atoms with van der Waals surface area (Å²) in [6, 6.07) is 11.9. The van der Waals surface area contributed by atoms with Gasteiger partial charge in [-0.25, -0.2) is 4.21 Å². The zero-order valence-corrected chi connectivity index (χ0v) is 25.7. The number of hydrogen-bond acceptors (Lipinski definition) is 5. The largest absolute Gasteiger partial charge is 0.490 e. The van der Waals surface area contributed by atoms with Crippen molar-refractivity contribution in [2.75, 3.05) is 24.6 Å². The molecule has 6 nitrogen and oxygen atoms in total. The number of rotatable bonds is 2. The summed E-state index contributed by atoms with van der Waals surface area (Å²) in [5.74, 6) is 1.62. The molecule has 1 spiro atoms. The molecule has 0 radical (unpaired) electrons. The van der Waals surface area contributed by atoms with E-state index in [-0.39, 0.29) is 22.5 Å². The number of aliphatic hydroxyl groups is 1. The van der Waals surface area contributed by atoms with Crippen LogP contribution in [0.1, 0.15) is 79.3 Å². The number of halogens is 1. The van der Waals surface area contributed by atoms with Crippen molar-refractivity contribution in [3.63, 3.8) is 0 Å². The zero-order valence-electron chi connectivity index (χ0n) is 24.1. The van der Waals surface area contributed by atoms with Gasteiger partial charge in [-0.3, -0.25) is 9.52 Å². The molecule has 7 rings (SSSR count). The van der Waals surface area contributed by atoms with Crippen LogP contribution in [0, 0.1) is 17.8 Å². The Hall–Kier alpha value is -2.35. The van der Waals surface area contributed by atoms with Crippen molar-refractivity contribution in [3.05, 3.63) is 70.3 Å². The number of amides is 1. The third-order valence-corrected chi connectivity index (χ3v) is 12.4. The lowest BCUT2D eigenvalue weighted by Gasteiger charge is -2.43. The minimum absolute atomic E-state index is 0.0955. The van der Waals surface area contributed by atoms with E-state index in [2.05, 4.69) is 27.8 Å². The van der Waals surface area contributed by atoms with E-state index in [1.807, 2.05) is 24.3 Å². The first-order valence-corrected chi connectivity index (χ1v) is 17.3. The van der Waals surface area contributed by atoms with Crippen molar-refractivity contribution in [2.45, 2.75) is 81.0 Å². The van der Waals surface area contributed by atoms with Gasteiger partial charge < -0.3 is 14.7 Å². The fourth-order valence-corrected chi connectivity index (χ4v) is 9.33. The van der Waals surface area contributed by atoms with Crippen molar-refractivity contribution in [3.8, 4) is 5.75 Å². The zero-order chi connectivity index (χ0) is 28.8. The first kappa shape index (κ1) is 28.4. The summed E-state index contributed by atoms with van der Waals surface area (Å²) in [6.07, 6.45) is 13.5. The summed E-state index contributed by atoms with van der Waals surface area (Å²) in [7, 11) is -1.48. The molecule has 5 aliphatic rings. The molecule has 2 fully saturated rings. The molecule has 6 atom stereocenters. The topological polar surface area (TPSA) is 78.9 Å². The number of fused-ring (bicyclic) bond motifs is 4. The lowest BCUT2D eigenvalue weighted by molar-refractivity contribution is 0.0457. The number of nitrogens with one attached hydrogen (secondary N) is 1. The maximum absolute atomic E-state index is 13.5. The molecule has 2 aliphatic heterocycles. The van der Waals surface area contributed by atoms with Crippen LogP contribution in [-0.2, 0) is 22.8 Å². The quantitative estimate of drug-likeness (QED) is 0.402. The first-order valence-electron chi connectivity index (χ1n) is 15.8. The second-order valence-corrected chi connectivity index (χ2v) is 15.2. The molecule has 0 aromatic heterocycles. The number of carbonyl (C=O) groups is 1. The minimum Gasteiger partial charge on any atom is -0.490 e. The Morgan fingerprint density at radius 1 is 1.12 bits per heavy atom. The third kappa shape index (κ3) is 5.41. The Morgan fingerprint density at radius 3 is 2.79 bits per heavy atom. The van der Waals surface area contributed by atoms with Gasteiger partial charge in [0.2, 0.25) is 0 Å². The highest BCUT2D eigenvalue weighted by Crippen LogP contribution is 2.47. The molecule has 42 heavy (non-hydrogen) atoms. The lowest BCUT2D eigenvalue weighted by atomic mass is 9.70. The lowest BCUT2D eigenvalue weighted by Crippen LogP contribution is -2.47. The number of nitrogens with zero attached hydrogens (tertiary/aromatic N) is 1. The van der Waals surface area contributed by atoms with Crippen molar-refractivity contribution in [2.24, 2.45) is 17.8 Å². The monoisotopic (exact) mass is 608 g/mol. The van der Waals surface area contributed by atoms with Crippen LogP contribution in [0.25, 0.3) is 0 Å². The van der Waals surface area contributed by atoms with E-state index in [1.54, 1.807) is 6.07 Å². The number of hydrogen-bond donors (Lipinski definition) is 2. The van der Waals surface area contributed by atoms with Gasteiger partial charge in [-0.1, -0.05) is 49.1 Å². The van der Waals surface area contributed by atoms with Crippen LogP contribution in [0.2, 0.25) is 5.02 Å². The highest BCUT2D eigenvalue weighted by atomic mass is 35.5. The van der Waals surface area contributed by atoms with Gasteiger partial charge in [0.05, 0.1) is 23.6 Å². The summed E-state index contributed by atoms with van der Waals surface area (Å²) in [4.78, 5) is 15.9. The van der Waals surface area contributed by atoms with E-state index in [1.165, 1.54) is 30.4 Å². The smallest absolute Gasteiger partial charge is 0.263 e. The Morgan fingerprint density at radius 2 is 2.00 bits per heavy atom. The number of anilines is 1. The molecule has 2 aromatic rings. The minimum atomic E-state index is -1.48. The molecular weight excluding hydrogens is 568 g/mol. The number of carbonyl (C=O) groups excluding carboxylic acids is 1. The average Bonchev–Trinajstić information content (AvgIpc) is 3.19. The summed E-state index contributed by atoms with van der Waals surface area (Å²) in [6.45, 7) is 2.12. The van der Waals surface area contributed by atoms with Gasteiger partial charge in [0.25, 0.3) is 5.91 Å². The van der Waals surface area contributed by atoms with Crippen LogP contribution >= 0.6 is 11.6 Å². The Balaban J connectivity index is 1.23. The summed E-state index contributed by atoms with van der Waals surface area (Å²) >= 11 is 6.36. The van der Waals surface area contributed by atoms with Gasteiger partial charge >= 0.3 is 0 Å². The van der Waals surface area contributed by atoms with Crippen LogP contribution in [-0.4, -0.2) is 46.3 Å². The van der Waals surface area contributed by atoms with Crippen LogP contribution in [0.15, 0.2) is 48.6 Å². The SMILES string of the molecule is O=C1NS(=O)C(CC2CCC2)CC/C=C/C(O)C2CCC2CN2CC3(CCc4cc(Cl)ccc43)COc3ccc1cc32.